The third-order valence-corrected chi connectivity index (χ3v) is 3.35. The molecule has 8 nitrogen and oxygen atoms in total. The number of amides is 1. The zero-order valence-electron chi connectivity index (χ0n) is 12.5. The Hall–Kier alpha value is -2.64. The van der Waals surface area contributed by atoms with Gasteiger partial charge in [0.2, 0.25) is 5.91 Å². The molecule has 0 aromatic carbocycles. The lowest BCUT2D eigenvalue weighted by atomic mass is 10.1. The van der Waals surface area contributed by atoms with Gasteiger partial charge in [0.15, 0.2) is 5.65 Å². The normalized spacial score (nSPS) is 10.8. The van der Waals surface area contributed by atoms with E-state index < -0.39 is 11.9 Å². The summed E-state index contributed by atoms with van der Waals surface area (Å²) in [5.41, 5.74) is 0.892. The SMILES string of the molecule is CCCN(CC(=O)O)C(=O)Cc1c(C)nc2cc[nH]n2c1=O. The van der Waals surface area contributed by atoms with Crippen molar-refractivity contribution in [3.05, 3.63) is 33.9 Å². The molecular weight excluding hydrogens is 288 g/mol. The highest BCUT2D eigenvalue weighted by Gasteiger charge is 2.20. The summed E-state index contributed by atoms with van der Waals surface area (Å²) in [6.45, 7) is 3.49. The number of carboxylic acid groups (broad SMARTS) is 1. The van der Waals surface area contributed by atoms with Gasteiger partial charge in [0.1, 0.15) is 6.54 Å². The zero-order valence-corrected chi connectivity index (χ0v) is 12.5. The van der Waals surface area contributed by atoms with Crippen LogP contribution in [0.1, 0.15) is 24.6 Å². The van der Waals surface area contributed by atoms with E-state index in [-0.39, 0.29) is 24.1 Å². The van der Waals surface area contributed by atoms with Crippen LogP contribution in [0, 0.1) is 6.92 Å². The van der Waals surface area contributed by atoms with Crippen molar-refractivity contribution in [2.75, 3.05) is 13.1 Å². The first-order chi connectivity index (χ1) is 10.4. The van der Waals surface area contributed by atoms with Crippen LogP contribution in [0.15, 0.2) is 17.1 Å². The van der Waals surface area contributed by atoms with E-state index >= 15 is 0 Å². The van der Waals surface area contributed by atoms with Gasteiger partial charge in [-0.05, 0) is 13.3 Å². The van der Waals surface area contributed by atoms with Gasteiger partial charge >= 0.3 is 5.97 Å². The van der Waals surface area contributed by atoms with Crippen LogP contribution >= 0.6 is 0 Å². The standard InChI is InChI=1S/C14H18N4O4/c1-3-6-17(8-13(20)21)12(19)7-10-9(2)16-11-4-5-15-18(11)14(10)22/h4-5,15H,3,6-8H2,1-2H3,(H,20,21). The minimum absolute atomic E-state index is 0.160. The first-order valence-electron chi connectivity index (χ1n) is 6.99. The second-order valence-electron chi connectivity index (χ2n) is 5.02. The molecular formula is C14H18N4O4. The molecule has 2 aromatic heterocycles. The number of hydrogen-bond acceptors (Lipinski definition) is 4. The highest BCUT2D eigenvalue weighted by Crippen LogP contribution is 2.06. The Morgan fingerprint density at radius 2 is 2.18 bits per heavy atom. The van der Waals surface area contributed by atoms with Gasteiger partial charge in [0.05, 0.1) is 6.42 Å². The topological polar surface area (TPSA) is 108 Å². The van der Waals surface area contributed by atoms with E-state index in [1.807, 2.05) is 6.92 Å². The smallest absolute Gasteiger partial charge is 0.323 e. The van der Waals surface area contributed by atoms with Crippen LogP contribution < -0.4 is 5.56 Å². The summed E-state index contributed by atoms with van der Waals surface area (Å²) in [5, 5.41) is 11.6. The van der Waals surface area contributed by atoms with E-state index in [1.165, 1.54) is 9.42 Å². The van der Waals surface area contributed by atoms with Gasteiger partial charge in [-0.3, -0.25) is 19.5 Å². The van der Waals surface area contributed by atoms with Crippen molar-refractivity contribution < 1.29 is 14.7 Å². The van der Waals surface area contributed by atoms with Crippen LogP contribution in [0.25, 0.3) is 5.65 Å². The van der Waals surface area contributed by atoms with E-state index in [0.29, 0.717) is 24.3 Å². The van der Waals surface area contributed by atoms with Crippen LogP contribution in [0.2, 0.25) is 0 Å². The van der Waals surface area contributed by atoms with E-state index in [0.717, 1.165) is 0 Å². The Bertz CT molecular complexity index is 762. The van der Waals surface area contributed by atoms with Crippen LogP contribution in [0.4, 0.5) is 0 Å². The molecule has 0 atom stereocenters. The van der Waals surface area contributed by atoms with E-state index in [1.54, 1.807) is 19.2 Å². The maximum atomic E-state index is 12.4. The zero-order chi connectivity index (χ0) is 16.3. The highest BCUT2D eigenvalue weighted by molar-refractivity contribution is 5.83. The summed E-state index contributed by atoms with van der Waals surface area (Å²) < 4.78 is 1.26. The number of fused-ring (bicyclic) bond motifs is 1. The molecule has 8 heteroatoms. The number of carboxylic acids is 1. The molecule has 0 aliphatic carbocycles. The van der Waals surface area contributed by atoms with Crippen LogP contribution in [-0.4, -0.2) is 49.6 Å². The lowest BCUT2D eigenvalue weighted by molar-refractivity contribution is -0.144. The molecule has 0 aliphatic heterocycles. The van der Waals surface area contributed by atoms with Crippen LogP contribution in [0.3, 0.4) is 0 Å². The highest BCUT2D eigenvalue weighted by atomic mass is 16.4. The van der Waals surface area contributed by atoms with E-state index in [2.05, 4.69) is 10.1 Å². The first-order valence-corrected chi connectivity index (χ1v) is 6.99. The van der Waals surface area contributed by atoms with Gasteiger partial charge in [-0.25, -0.2) is 9.50 Å². The molecule has 2 aromatic rings. The lowest BCUT2D eigenvalue weighted by Gasteiger charge is -2.20. The largest absolute Gasteiger partial charge is 0.480 e. The molecule has 0 saturated heterocycles. The van der Waals surface area contributed by atoms with Gasteiger partial charge in [-0.1, -0.05) is 6.92 Å². The van der Waals surface area contributed by atoms with Gasteiger partial charge in [-0.15, -0.1) is 0 Å². The number of rotatable bonds is 6. The maximum absolute atomic E-state index is 12.4. The number of aliphatic carboxylic acids is 1. The number of aromatic nitrogens is 3. The number of hydrogen-bond donors (Lipinski definition) is 2. The van der Waals surface area contributed by atoms with Crippen molar-refractivity contribution in [1.82, 2.24) is 19.5 Å². The summed E-state index contributed by atoms with van der Waals surface area (Å²) >= 11 is 0. The number of carbonyl (C=O) groups excluding carboxylic acids is 1. The molecule has 2 N–H and O–H groups in total. The average molecular weight is 306 g/mol. The minimum atomic E-state index is -1.08. The number of carbonyl (C=O) groups is 2. The number of aromatic amines is 1. The number of nitrogens with zero attached hydrogens (tertiary/aromatic N) is 3. The Morgan fingerprint density at radius 3 is 2.82 bits per heavy atom. The summed E-state index contributed by atoms with van der Waals surface area (Å²) in [5.74, 6) is -1.47. The molecule has 2 heterocycles. The Morgan fingerprint density at radius 1 is 1.45 bits per heavy atom. The molecule has 0 aliphatic rings. The van der Waals surface area contributed by atoms with Crippen LogP contribution in [0.5, 0.6) is 0 Å². The second-order valence-corrected chi connectivity index (χ2v) is 5.02. The summed E-state index contributed by atoms with van der Waals surface area (Å²) in [7, 11) is 0. The minimum Gasteiger partial charge on any atom is -0.480 e. The maximum Gasteiger partial charge on any atom is 0.323 e. The molecule has 2 rings (SSSR count). The summed E-state index contributed by atoms with van der Waals surface area (Å²) in [4.78, 5) is 41.0. The van der Waals surface area contributed by atoms with E-state index in [4.69, 9.17) is 5.11 Å². The third kappa shape index (κ3) is 3.16. The molecule has 0 spiro atoms. The van der Waals surface area contributed by atoms with Crippen molar-refractivity contribution in [1.29, 1.82) is 0 Å². The first kappa shape index (κ1) is 15.7. The fraction of sp³-hybridized carbons (Fsp3) is 0.429. The Labute approximate surface area is 126 Å². The molecule has 118 valence electrons. The second kappa shape index (κ2) is 6.42. The molecule has 1 amide bonds. The average Bonchev–Trinajstić information content (AvgIpc) is 2.90. The van der Waals surface area contributed by atoms with Crippen molar-refractivity contribution in [2.24, 2.45) is 0 Å². The number of H-pyrrole nitrogens is 1. The molecule has 0 bridgehead atoms. The van der Waals surface area contributed by atoms with Crippen molar-refractivity contribution in [2.45, 2.75) is 26.7 Å². The molecule has 0 saturated carbocycles. The third-order valence-electron chi connectivity index (χ3n) is 3.35. The van der Waals surface area contributed by atoms with Gasteiger partial charge in [0.25, 0.3) is 5.56 Å². The molecule has 0 radical (unpaired) electrons. The fourth-order valence-electron chi connectivity index (χ4n) is 2.30. The van der Waals surface area contributed by atoms with Crippen molar-refractivity contribution in [3.8, 4) is 0 Å². The van der Waals surface area contributed by atoms with Gasteiger partial charge < -0.3 is 10.0 Å². The number of nitrogens with one attached hydrogen (secondary N) is 1. The quantitative estimate of drug-likeness (QED) is 0.792. The Kier molecular flexibility index (Phi) is 4.59. The molecule has 0 unspecified atom stereocenters. The van der Waals surface area contributed by atoms with E-state index in [9.17, 15) is 14.4 Å². The lowest BCUT2D eigenvalue weighted by Crippen LogP contribution is -2.38. The predicted molar refractivity (Wildman–Crippen MR) is 78.8 cm³/mol. The fourth-order valence-corrected chi connectivity index (χ4v) is 2.30. The molecule has 22 heavy (non-hydrogen) atoms. The van der Waals surface area contributed by atoms with Crippen LogP contribution in [-0.2, 0) is 16.0 Å². The molecule has 0 fully saturated rings. The van der Waals surface area contributed by atoms with Crippen molar-refractivity contribution >= 4 is 17.5 Å². The van der Waals surface area contributed by atoms with Crippen molar-refractivity contribution in [3.63, 3.8) is 0 Å². The number of aryl methyl sites for hydroxylation is 1. The van der Waals surface area contributed by atoms with Gasteiger partial charge in [-0.2, -0.15) is 0 Å². The Balaban J connectivity index is 2.30. The van der Waals surface area contributed by atoms with Gasteiger partial charge in [0, 0.05) is 30.1 Å². The summed E-state index contributed by atoms with van der Waals surface area (Å²) in [6.07, 6.45) is 2.07. The predicted octanol–water partition coefficient (Wildman–Crippen LogP) is 0.197. The summed E-state index contributed by atoms with van der Waals surface area (Å²) in [6, 6.07) is 1.66. The monoisotopic (exact) mass is 306 g/mol.